The van der Waals surface area contributed by atoms with E-state index < -0.39 is 0 Å². The molecule has 1 N–H and O–H groups in total. The van der Waals surface area contributed by atoms with Crippen molar-refractivity contribution in [2.24, 2.45) is 5.92 Å². The minimum Gasteiger partial charge on any atom is -0.381 e. The molecule has 3 heteroatoms. The van der Waals surface area contributed by atoms with Gasteiger partial charge in [-0.1, -0.05) is 44.2 Å². The summed E-state index contributed by atoms with van der Waals surface area (Å²) in [5.41, 5.74) is 1.35. The molecule has 21 heavy (non-hydrogen) atoms. The van der Waals surface area contributed by atoms with Gasteiger partial charge in [0.1, 0.15) is 0 Å². The van der Waals surface area contributed by atoms with Crippen molar-refractivity contribution in [2.75, 3.05) is 19.8 Å². The third kappa shape index (κ3) is 3.85. The molecule has 0 aliphatic carbocycles. The lowest BCUT2D eigenvalue weighted by atomic mass is 9.74. The number of ether oxygens (including phenoxy) is 1. The van der Waals surface area contributed by atoms with E-state index in [0.29, 0.717) is 0 Å². The van der Waals surface area contributed by atoms with Gasteiger partial charge in [-0.05, 0) is 31.2 Å². The highest BCUT2D eigenvalue weighted by Gasteiger charge is 2.35. The van der Waals surface area contributed by atoms with Crippen LogP contribution in [0.3, 0.4) is 0 Å². The minimum atomic E-state index is 0.0290. The summed E-state index contributed by atoms with van der Waals surface area (Å²) in [7, 11) is 0. The molecule has 1 amide bonds. The van der Waals surface area contributed by atoms with Crippen LogP contribution in [0.1, 0.15) is 45.1 Å². The quantitative estimate of drug-likeness (QED) is 0.872. The summed E-state index contributed by atoms with van der Waals surface area (Å²) in [6, 6.07) is 10.5. The molecule has 0 spiro atoms. The van der Waals surface area contributed by atoms with Crippen molar-refractivity contribution >= 4 is 5.91 Å². The molecule has 0 bridgehead atoms. The lowest BCUT2D eigenvalue weighted by Crippen LogP contribution is -2.45. The monoisotopic (exact) mass is 289 g/mol. The molecule has 1 aromatic carbocycles. The van der Waals surface area contributed by atoms with Gasteiger partial charge in [-0.15, -0.1) is 0 Å². The number of carbonyl (C=O) groups excluding carboxylic acids is 1. The van der Waals surface area contributed by atoms with Crippen LogP contribution in [-0.2, 0) is 14.9 Å². The first-order chi connectivity index (χ1) is 10.2. The van der Waals surface area contributed by atoms with Crippen LogP contribution >= 0.6 is 0 Å². The van der Waals surface area contributed by atoms with Gasteiger partial charge >= 0.3 is 0 Å². The van der Waals surface area contributed by atoms with Crippen LogP contribution in [0.25, 0.3) is 0 Å². The number of hydrogen-bond acceptors (Lipinski definition) is 2. The van der Waals surface area contributed by atoms with Crippen LogP contribution < -0.4 is 5.32 Å². The Labute approximate surface area is 128 Å². The van der Waals surface area contributed by atoms with Crippen LogP contribution in [0, 0.1) is 5.92 Å². The van der Waals surface area contributed by atoms with Gasteiger partial charge in [0.2, 0.25) is 5.91 Å². The average molecular weight is 289 g/mol. The molecule has 0 atom stereocenters. The summed E-state index contributed by atoms with van der Waals surface area (Å²) in [5.74, 6) is 0.333. The van der Waals surface area contributed by atoms with E-state index in [4.69, 9.17) is 4.74 Å². The fourth-order valence-corrected chi connectivity index (χ4v) is 3.18. The summed E-state index contributed by atoms with van der Waals surface area (Å²) in [5, 5.41) is 3.20. The molecule has 1 aliphatic rings. The smallest absolute Gasteiger partial charge is 0.223 e. The molecule has 0 aromatic heterocycles. The van der Waals surface area contributed by atoms with Gasteiger partial charge in [-0.2, -0.15) is 0 Å². The molecule has 1 heterocycles. The number of carbonyl (C=O) groups is 1. The van der Waals surface area contributed by atoms with Gasteiger partial charge in [0.05, 0.1) is 0 Å². The van der Waals surface area contributed by atoms with Crippen LogP contribution in [0.2, 0.25) is 0 Å². The summed E-state index contributed by atoms with van der Waals surface area (Å²) < 4.78 is 5.53. The highest BCUT2D eigenvalue weighted by Crippen LogP contribution is 2.34. The largest absolute Gasteiger partial charge is 0.381 e. The van der Waals surface area contributed by atoms with E-state index in [-0.39, 0.29) is 17.2 Å². The number of benzene rings is 1. The number of amides is 1. The van der Waals surface area contributed by atoms with Crippen molar-refractivity contribution in [3.63, 3.8) is 0 Å². The van der Waals surface area contributed by atoms with Crippen LogP contribution in [0.15, 0.2) is 30.3 Å². The first kappa shape index (κ1) is 16.0. The molecular weight excluding hydrogens is 262 g/mol. The van der Waals surface area contributed by atoms with Crippen molar-refractivity contribution in [3.05, 3.63) is 35.9 Å². The van der Waals surface area contributed by atoms with Gasteiger partial charge < -0.3 is 10.1 Å². The van der Waals surface area contributed by atoms with Gasteiger partial charge in [-0.25, -0.2) is 0 Å². The molecule has 1 aromatic rings. The third-order valence-electron chi connectivity index (χ3n) is 4.79. The standard InChI is InChI=1S/C18H27NO2/c1-3-15(4-2)17(20)19-14-18(10-12-21-13-11-18)16-8-6-5-7-9-16/h5-9,15H,3-4,10-14H2,1-2H3,(H,19,20). The van der Waals surface area contributed by atoms with E-state index in [9.17, 15) is 4.79 Å². The van der Waals surface area contributed by atoms with Gasteiger partial charge in [0, 0.05) is 31.1 Å². The van der Waals surface area contributed by atoms with Crippen molar-refractivity contribution < 1.29 is 9.53 Å². The zero-order chi connectivity index (χ0) is 15.1. The summed E-state index contributed by atoms with van der Waals surface area (Å²) in [4.78, 5) is 12.3. The fraction of sp³-hybridized carbons (Fsp3) is 0.611. The molecule has 0 saturated carbocycles. The lowest BCUT2D eigenvalue weighted by Gasteiger charge is -2.38. The van der Waals surface area contributed by atoms with E-state index in [1.165, 1.54) is 5.56 Å². The summed E-state index contributed by atoms with van der Waals surface area (Å²) >= 11 is 0. The second-order valence-electron chi connectivity index (χ2n) is 5.99. The zero-order valence-corrected chi connectivity index (χ0v) is 13.2. The Kier molecular flexibility index (Phi) is 5.80. The first-order valence-electron chi connectivity index (χ1n) is 8.13. The second kappa shape index (κ2) is 7.60. The van der Waals surface area contributed by atoms with Crippen LogP contribution in [0.5, 0.6) is 0 Å². The van der Waals surface area contributed by atoms with E-state index in [2.05, 4.69) is 43.4 Å². The van der Waals surface area contributed by atoms with Gasteiger partial charge in [0.15, 0.2) is 0 Å². The predicted molar refractivity (Wildman–Crippen MR) is 85.3 cm³/mol. The highest BCUT2D eigenvalue weighted by molar-refractivity contribution is 5.78. The molecule has 1 fully saturated rings. The average Bonchev–Trinajstić information content (AvgIpc) is 2.56. The Morgan fingerprint density at radius 2 is 1.81 bits per heavy atom. The van der Waals surface area contributed by atoms with E-state index in [1.807, 2.05) is 6.07 Å². The SMILES string of the molecule is CCC(CC)C(=O)NCC1(c2ccccc2)CCOCC1. The maximum atomic E-state index is 12.3. The lowest BCUT2D eigenvalue weighted by molar-refractivity contribution is -0.125. The molecule has 0 unspecified atom stereocenters. The maximum absolute atomic E-state index is 12.3. The molecular formula is C18H27NO2. The van der Waals surface area contributed by atoms with E-state index in [0.717, 1.165) is 45.4 Å². The third-order valence-corrected chi connectivity index (χ3v) is 4.79. The van der Waals surface area contributed by atoms with Gasteiger partial charge in [-0.3, -0.25) is 4.79 Å². The van der Waals surface area contributed by atoms with Crippen LogP contribution in [-0.4, -0.2) is 25.7 Å². The summed E-state index contributed by atoms with van der Waals surface area (Å²) in [6.07, 6.45) is 3.76. The predicted octanol–water partition coefficient (Wildman–Crippen LogP) is 3.29. The Morgan fingerprint density at radius 1 is 1.19 bits per heavy atom. The van der Waals surface area contributed by atoms with E-state index >= 15 is 0 Å². The van der Waals surface area contributed by atoms with Crippen molar-refractivity contribution in [1.29, 1.82) is 0 Å². The maximum Gasteiger partial charge on any atom is 0.223 e. The van der Waals surface area contributed by atoms with Crippen molar-refractivity contribution in [3.8, 4) is 0 Å². The van der Waals surface area contributed by atoms with Gasteiger partial charge in [0.25, 0.3) is 0 Å². The van der Waals surface area contributed by atoms with E-state index in [1.54, 1.807) is 0 Å². The number of hydrogen-bond donors (Lipinski definition) is 1. The fourth-order valence-electron chi connectivity index (χ4n) is 3.18. The molecule has 0 radical (unpaired) electrons. The van der Waals surface area contributed by atoms with Crippen molar-refractivity contribution in [1.82, 2.24) is 5.32 Å². The molecule has 3 nitrogen and oxygen atoms in total. The number of nitrogens with one attached hydrogen (secondary N) is 1. The summed E-state index contributed by atoms with van der Waals surface area (Å²) in [6.45, 7) is 6.42. The number of rotatable bonds is 6. The first-order valence-corrected chi connectivity index (χ1v) is 8.13. The Morgan fingerprint density at radius 3 is 2.38 bits per heavy atom. The zero-order valence-electron chi connectivity index (χ0n) is 13.2. The topological polar surface area (TPSA) is 38.3 Å². The Balaban J connectivity index is 2.09. The minimum absolute atomic E-state index is 0.0290. The second-order valence-corrected chi connectivity index (χ2v) is 5.99. The highest BCUT2D eigenvalue weighted by atomic mass is 16.5. The molecule has 1 aliphatic heterocycles. The molecule has 116 valence electrons. The van der Waals surface area contributed by atoms with Crippen LogP contribution in [0.4, 0.5) is 0 Å². The Bertz CT molecular complexity index is 434. The molecule has 2 rings (SSSR count). The Hall–Kier alpha value is -1.35. The van der Waals surface area contributed by atoms with Crippen molar-refractivity contribution in [2.45, 2.75) is 44.9 Å². The molecule has 1 saturated heterocycles. The normalized spacial score (nSPS) is 17.7.